The minimum atomic E-state index is -0.0944. The monoisotopic (exact) mass is 293 g/mol. The second-order valence-electron chi connectivity index (χ2n) is 4.24. The zero-order valence-electron chi connectivity index (χ0n) is 9.93. The van der Waals surface area contributed by atoms with Crippen LogP contribution in [0.1, 0.15) is 5.56 Å². The Bertz CT molecular complexity index is 783. The second kappa shape index (κ2) is 4.40. The molecule has 3 rings (SSSR count). The number of aryl methyl sites for hydroxylation is 1. The molecule has 0 spiro atoms. The van der Waals surface area contributed by atoms with Gasteiger partial charge in [-0.1, -0.05) is 29.3 Å². The van der Waals surface area contributed by atoms with Gasteiger partial charge in [0.05, 0.1) is 5.02 Å². The van der Waals surface area contributed by atoms with Gasteiger partial charge in [-0.25, -0.2) is 0 Å². The third kappa shape index (κ3) is 2.13. The molecule has 0 bridgehead atoms. The van der Waals surface area contributed by atoms with E-state index >= 15 is 0 Å². The van der Waals surface area contributed by atoms with Gasteiger partial charge in [-0.05, 0) is 36.8 Å². The molecule has 0 aliphatic carbocycles. The number of hydrogen-bond acceptors (Lipinski definition) is 3. The van der Waals surface area contributed by atoms with Crippen LogP contribution in [0.3, 0.4) is 0 Å². The molecule has 0 saturated carbocycles. The highest BCUT2D eigenvalue weighted by molar-refractivity contribution is 6.36. The van der Waals surface area contributed by atoms with Crippen LogP contribution in [0, 0.1) is 6.92 Å². The van der Waals surface area contributed by atoms with Gasteiger partial charge in [-0.15, -0.1) is 15.0 Å². The van der Waals surface area contributed by atoms with Crippen LogP contribution in [0.5, 0.6) is 5.75 Å². The van der Waals surface area contributed by atoms with Crippen molar-refractivity contribution in [1.82, 2.24) is 15.0 Å². The third-order valence-corrected chi connectivity index (χ3v) is 3.27. The third-order valence-electron chi connectivity index (χ3n) is 2.76. The normalized spacial score (nSPS) is 11.1. The number of halogens is 2. The van der Waals surface area contributed by atoms with Gasteiger partial charge >= 0.3 is 0 Å². The topological polar surface area (TPSA) is 50.9 Å². The first-order valence-corrected chi connectivity index (χ1v) is 6.32. The fourth-order valence-corrected chi connectivity index (χ4v) is 2.32. The molecule has 19 heavy (non-hydrogen) atoms. The van der Waals surface area contributed by atoms with Crippen molar-refractivity contribution in [1.29, 1.82) is 0 Å². The Morgan fingerprint density at radius 1 is 1.05 bits per heavy atom. The molecule has 1 heterocycles. The van der Waals surface area contributed by atoms with E-state index in [0.717, 1.165) is 16.6 Å². The van der Waals surface area contributed by atoms with Crippen molar-refractivity contribution in [3.63, 3.8) is 0 Å². The SMILES string of the molecule is Cc1ccc2nn(-c3cc(Cl)cc(Cl)c3O)nc2c1. The van der Waals surface area contributed by atoms with Crippen LogP contribution >= 0.6 is 23.2 Å². The number of rotatable bonds is 1. The fraction of sp³-hybridized carbons (Fsp3) is 0.0769. The van der Waals surface area contributed by atoms with Crippen LogP contribution in [0.15, 0.2) is 30.3 Å². The number of phenols is 1. The molecule has 0 aliphatic rings. The summed E-state index contributed by atoms with van der Waals surface area (Å²) in [6.45, 7) is 1.98. The molecule has 0 atom stereocenters. The zero-order valence-corrected chi connectivity index (χ0v) is 11.4. The van der Waals surface area contributed by atoms with Crippen molar-refractivity contribution >= 4 is 34.2 Å². The Kier molecular flexibility index (Phi) is 2.84. The maximum absolute atomic E-state index is 9.96. The number of hydrogen-bond donors (Lipinski definition) is 1. The van der Waals surface area contributed by atoms with Crippen LogP contribution in [0.4, 0.5) is 0 Å². The van der Waals surface area contributed by atoms with Gasteiger partial charge in [0, 0.05) is 5.02 Å². The molecule has 0 amide bonds. The van der Waals surface area contributed by atoms with Gasteiger partial charge in [0.15, 0.2) is 5.75 Å². The zero-order chi connectivity index (χ0) is 13.6. The standard InChI is InChI=1S/C13H9Cl2N3O/c1-7-2-3-10-11(4-7)17-18(16-10)12-6-8(14)5-9(15)13(12)19/h2-6,19H,1H3. The lowest BCUT2D eigenvalue weighted by Crippen LogP contribution is -1.99. The van der Waals surface area contributed by atoms with E-state index in [9.17, 15) is 5.11 Å². The Hall–Kier alpha value is -1.78. The first-order valence-electron chi connectivity index (χ1n) is 5.57. The highest BCUT2D eigenvalue weighted by Gasteiger charge is 2.13. The lowest BCUT2D eigenvalue weighted by Gasteiger charge is -2.05. The van der Waals surface area contributed by atoms with E-state index in [2.05, 4.69) is 10.2 Å². The predicted octanol–water partition coefficient (Wildman–Crippen LogP) is 3.74. The Labute approximate surface area is 119 Å². The molecule has 96 valence electrons. The van der Waals surface area contributed by atoms with E-state index in [1.807, 2.05) is 25.1 Å². The van der Waals surface area contributed by atoms with E-state index in [1.165, 1.54) is 10.9 Å². The lowest BCUT2D eigenvalue weighted by molar-refractivity contribution is 0.468. The molecule has 0 unspecified atom stereocenters. The van der Waals surface area contributed by atoms with Crippen LogP contribution < -0.4 is 0 Å². The number of fused-ring (bicyclic) bond motifs is 1. The molecule has 1 N–H and O–H groups in total. The summed E-state index contributed by atoms with van der Waals surface area (Å²) in [5, 5.41) is 19.2. The Balaban J connectivity index is 2.24. The number of benzene rings is 2. The molecular weight excluding hydrogens is 285 g/mol. The van der Waals surface area contributed by atoms with Gasteiger partial charge in [0.25, 0.3) is 0 Å². The largest absolute Gasteiger partial charge is 0.504 e. The first kappa shape index (κ1) is 12.3. The van der Waals surface area contributed by atoms with Gasteiger partial charge in [-0.2, -0.15) is 0 Å². The van der Waals surface area contributed by atoms with Gasteiger partial charge in [0.2, 0.25) is 0 Å². The maximum atomic E-state index is 9.96. The molecule has 1 aromatic heterocycles. The number of phenolic OH excluding ortho intramolecular Hbond substituents is 1. The lowest BCUT2D eigenvalue weighted by atomic mass is 10.2. The minimum Gasteiger partial charge on any atom is -0.504 e. The molecule has 3 aromatic rings. The van der Waals surface area contributed by atoms with Crippen molar-refractivity contribution in [2.45, 2.75) is 6.92 Å². The van der Waals surface area contributed by atoms with Crippen molar-refractivity contribution in [3.05, 3.63) is 45.9 Å². The smallest absolute Gasteiger partial charge is 0.161 e. The average Bonchev–Trinajstić information content (AvgIpc) is 2.76. The molecular formula is C13H9Cl2N3O. The Morgan fingerprint density at radius 3 is 2.58 bits per heavy atom. The van der Waals surface area contributed by atoms with Gasteiger partial charge < -0.3 is 5.11 Å². The van der Waals surface area contributed by atoms with E-state index in [-0.39, 0.29) is 10.8 Å². The maximum Gasteiger partial charge on any atom is 0.161 e. The van der Waals surface area contributed by atoms with E-state index in [4.69, 9.17) is 23.2 Å². The molecule has 0 fully saturated rings. The summed E-state index contributed by atoms with van der Waals surface area (Å²) in [6.07, 6.45) is 0. The molecule has 0 aliphatic heterocycles. The van der Waals surface area contributed by atoms with E-state index in [1.54, 1.807) is 6.07 Å². The average molecular weight is 294 g/mol. The van der Waals surface area contributed by atoms with Crippen molar-refractivity contribution in [2.75, 3.05) is 0 Å². The van der Waals surface area contributed by atoms with Crippen LogP contribution in [0.2, 0.25) is 10.0 Å². The fourth-order valence-electron chi connectivity index (χ4n) is 1.84. The summed E-state index contributed by atoms with van der Waals surface area (Å²) in [7, 11) is 0. The number of aromatic hydroxyl groups is 1. The van der Waals surface area contributed by atoms with Crippen LogP contribution in [-0.2, 0) is 0 Å². The Morgan fingerprint density at radius 2 is 1.79 bits per heavy atom. The van der Waals surface area contributed by atoms with E-state index < -0.39 is 0 Å². The van der Waals surface area contributed by atoms with E-state index in [0.29, 0.717) is 10.7 Å². The second-order valence-corrected chi connectivity index (χ2v) is 5.08. The van der Waals surface area contributed by atoms with Gasteiger partial charge in [-0.3, -0.25) is 0 Å². The molecule has 2 aromatic carbocycles. The minimum absolute atomic E-state index is 0.0944. The number of aromatic nitrogens is 3. The predicted molar refractivity (Wildman–Crippen MR) is 75.3 cm³/mol. The van der Waals surface area contributed by atoms with Crippen LogP contribution in [0.25, 0.3) is 16.7 Å². The quantitative estimate of drug-likeness (QED) is 0.743. The molecule has 0 radical (unpaired) electrons. The van der Waals surface area contributed by atoms with Crippen LogP contribution in [-0.4, -0.2) is 20.1 Å². The van der Waals surface area contributed by atoms with Gasteiger partial charge in [0.1, 0.15) is 16.7 Å². The highest BCUT2D eigenvalue weighted by atomic mass is 35.5. The summed E-state index contributed by atoms with van der Waals surface area (Å²) < 4.78 is 0. The summed E-state index contributed by atoms with van der Waals surface area (Å²) >= 11 is 11.8. The van der Waals surface area contributed by atoms with Crippen molar-refractivity contribution < 1.29 is 5.11 Å². The number of nitrogens with zero attached hydrogens (tertiary/aromatic N) is 3. The molecule has 0 saturated heterocycles. The van der Waals surface area contributed by atoms with Crippen molar-refractivity contribution in [2.24, 2.45) is 0 Å². The summed E-state index contributed by atoms with van der Waals surface area (Å²) in [4.78, 5) is 1.33. The summed E-state index contributed by atoms with van der Waals surface area (Å²) in [5.41, 5.74) is 2.93. The summed E-state index contributed by atoms with van der Waals surface area (Å²) in [6, 6.07) is 8.77. The summed E-state index contributed by atoms with van der Waals surface area (Å²) in [5.74, 6) is -0.0944. The molecule has 4 nitrogen and oxygen atoms in total. The highest BCUT2D eigenvalue weighted by Crippen LogP contribution is 2.33. The molecule has 6 heteroatoms. The van der Waals surface area contributed by atoms with Crippen molar-refractivity contribution in [3.8, 4) is 11.4 Å². The first-order chi connectivity index (χ1) is 9.04.